The predicted molar refractivity (Wildman–Crippen MR) is 89.3 cm³/mol. The van der Waals surface area contributed by atoms with Gasteiger partial charge in [0.2, 0.25) is 0 Å². The molecule has 0 radical (unpaired) electrons. The molecular weight excluding hydrogens is 324 g/mol. The standard InChI is InChI=1S/C15H13ClN2OS2/c1-2-8-18-13-10(16)5-3-6-11(13)21-15(18)17-14(19)12-7-4-9-20-12/h3-7,9H,2,8H2,1H3. The molecule has 0 spiro atoms. The summed E-state index contributed by atoms with van der Waals surface area (Å²) in [6, 6.07) is 9.44. The Balaban J connectivity index is 2.20. The summed E-state index contributed by atoms with van der Waals surface area (Å²) in [5.41, 5.74) is 0.962. The first-order valence-corrected chi connectivity index (χ1v) is 8.68. The van der Waals surface area contributed by atoms with E-state index in [-0.39, 0.29) is 5.91 Å². The van der Waals surface area contributed by atoms with Gasteiger partial charge in [-0.25, -0.2) is 0 Å². The lowest BCUT2D eigenvalue weighted by atomic mass is 10.3. The van der Waals surface area contributed by atoms with Crippen LogP contribution in [-0.4, -0.2) is 10.5 Å². The van der Waals surface area contributed by atoms with Crippen LogP contribution in [0.1, 0.15) is 23.0 Å². The topological polar surface area (TPSA) is 34.4 Å². The minimum atomic E-state index is -0.197. The number of benzene rings is 1. The molecule has 0 saturated heterocycles. The minimum absolute atomic E-state index is 0.197. The summed E-state index contributed by atoms with van der Waals surface area (Å²) < 4.78 is 3.09. The molecule has 0 fully saturated rings. The van der Waals surface area contributed by atoms with Crippen molar-refractivity contribution in [2.24, 2.45) is 4.99 Å². The third-order valence-corrected chi connectivity index (χ3v) is 5.23. The van der Waals surface area contributed by atoms with Crippen molar-refractivity contribution in [1.82, 2.24) is 4.57 Å². The molecule has 0 unspecified atom stereocenters. The molecule has 6 heteroatoms. The maximum atomic E-state index is 12.2. The third-order valence-electron chi connectivity index (χ3n) is 3.03. The summed E-state index contributed by atoms with van der Waals surface area (Å²) in [6.07, 6.45) is 0.956. The van der Waals surface area contributed by atoms with Crippen LogP contribution in [0.15, 0.2) is 40.7 Å². The summed E-state index contributed by atoms with van der Waals surface area (Å²) in [5.74, 6) is -0.197. The van der Waals surface area contributed by atoms with Crippen LogP contribution in [0.4, 0.5) is 0 Å². The Morgan fingerprint density at radius 2 is 2.19 bits per heavy atom. The van der Waals surface area contributed by atoms with Crippen LogP contribution in [0.5, 0.6) is 0 Å². The van der Waals surface area contributed by atoms with Gasteiger partial charge in [0.1, 0.15) is 0 Å². The van der Waals surface area contributed by atoms with Gasteiger partial charge in [-0.05, 0) is 30.0 Å². The second-order valence-electron chi connectivity index (χ2n) is 4.52. The fourth-order valence-corrected chi connectivity index (χ4v) is 4.17. The zero-order chi connectivity index (χ0) is 14.8. The number of nitrogens with zero attached hydrogens (tertiary/aromatic N) is 2. The molecule has 1 aromatic carbocycles. The lowest BCUT2D eigenvalue weighted by Gasteiger charge is -2.03. The number of hydrogen-bond donors (Lipinski definition) is 0. The van der Waals surface area contributed by atoms with Crippen molar-refractivity contribution in [3.05, 3.63) is 50.4 Å². The molecule has 0 aliphatic carbocycles. The van der Waals surface area contributed by atoms with Crippen LogP contribution in [0.3, 0.4) is 0 Å². The second-order valence-corrected chi connectivity index (χ2v) is 6.88. The first-order chi connectivity index (χ1) is 10.2. The summed E-state index contributed by atoms with van der Waals surface area (Å²) in [5, 5.41) is 2.58. The van der Waals surface area contributed by atoms with Crippen molar-refractivity contribution >= 4 is 50.4 Å². The maximum Gasteiger partial charge on any atom is 0.289 e. The molecule has 0 aliphatic rings. The highest BCUT2D eigenvalue weighted by Crippen LogP contribution is 2.25. The van der Waals surface area contributed by atoms with Gasteiger partial charge in [-0.15, -0.1) is 11.3 Å². The average molecular weight is 337 g/mol. The monoisotopic (exact) mass is 336 g/mol. The molecule has 2 heterocycles. The molecule has 0 atom stereocenters. The minimum Gasteiger partial charge on any atom is -0.315 e. The Morgan fingerprint density at radius 3 is 2.90 bits per heavy atom. The largest absolute Gasteiger partial charge is 0.315 e. The van der Waals surface area contributed by atoms with E-state index in [1.165, 1.54) is 22.7 Å². The number of thiazole rings is 1. The first kappa shape index (κ1) is 14.5. The van der Waals surface area contributed by atoms with Crippen molar-refractivity contribution in [3.63, 3.8) is 0 Å². The number of halogens is 1. The van der Waals surface area contributed by atoms with Gasteiger partial charge in [0.05, 0.1) is 20.1 Å². The summed E-state index contributed by atoms with van der Waals surface area (Å²) >= 11 is 9.21. The molecule has 0 bridgehead atoms. The van der Waals surface area contributed by atoms with Gasteiger partial charge < -0.3 is 4.57 Å². The van der Waals surface area contributed by atoms with Gasteiger partial charge in [0, 0.05) is 6.54 Å². The number of fused-ring (bicyclic) bond motifs is 1. The molecule has 3 rings (SSSR count). The average Bonchev–Trinajstić information content (AvgIpc) is 3.09. The van der Waals surface area contributed by atoms with Gasteiger partial charge in [-0.1, -0.05) is 42.0 Å². The fourth-order valence-electron chi connectivity index (χ4n) is 2.15. The van der Waals surface area contributed by atoms with E-state index in [1.807, 2.05) is 34.2 Å². The molecule has 0 saturated carbocycles. The lowest BCUT2D eigenvalue weighted by Crippen LogP contribution is -2.16. The van der Waals surface area contributed by atoms with Crippen molar-refractivity contribution in [1.29, 1.82) is 0 Å². The first-order valence-electron chi connectivity index (χ1n) is 6.61. The molecule has 0 aliphatic heterocycles. The summed E-state index contributed by atoms with van der Waals surface area (Å²) in [6.45, 7) is 2.89. The van der Waals surface area contributed by atoms with E-state index < -0.39 is 0 Å². The molecule has 0 N–H and O–H groups in total. The highest BCUT2D eigenvalue weighted by Gasteiger charge is 2.11. The second kappa shape index (κ2) is 6.13. The number of aryl methyl sites for hydroxylation is 1. The van der Waals surface area contributed by atoms with Crippen molar-refractivity contribution in [2.75, 3.05) is 0 Å². The van der Waals surface area contributed by atoms with E-state index in [1.54, 1.807) is 6.07 Å². The maximum absolute atomic E-state index is 12.2. The van der Waals surface area contributed by atoms with E-state index >= 15 is 0 Å². The van der Waals surface area contributed by atoms with Crippen molar-refractivity contribution in [3.8, 4) is 0 Å². The Morgan fingerprint density at radius 1 is 1.33 bits per heavy atom. The van der Waals surface area contributed by atoms with E-state index in [4.69, 9.17) is 11.6 Å². The van der Waals surface area contributed by atoms with Gasteiger partial charge in [0.15, 0.2) is 4.80 Å². The van der Waals surface area contributed by atoms with Crippen molar-refractivity contribution < 1.29 is 4.79 Å². The van der Waals surface area contributed by atoms with Crippen LogP contribution in [0.2, 0.25) is 5.02 Å². The predicted octanol–water partition coefficient (Wildman–Crippen LogP) is 4.57. The Bertz CT molecular complexity index is 846. The van der Waals surface area contributed by atoms with Crippen molar-refractivity contribution in [2.45, 2.75) is 19.9 Å². The number of aromatic nitrogens is 1. The van der Waals surface area contributed by atoms with Crippen LogP contribution in [0, 0.1) is 0 Å². The van der Waals surface area contributed by atoms with E-state index in [2.05, 4.69) is 11.9 Å². The van der Waals surface area contributed by atoms with E-state index in [0.717, 1.165) is 23.2 Å². The van der Waals surface area contributed by atoms with Crippen LogP contribution >= 0.6 is 34.3 Å². The summed E-state index contributed by atoms with van der Waals surface area (Å²) in [7, 11) is 0. The molecule has 108 valence electrons. The Kier molecular flexibility index (Phi) is 4.24. The fraction of sp³-hybridized carbons (Fsp3) is 0.200. The number of rotatable bonds is 3. The zero-order valence-corrected chi connectivity index (χ0v) is 13.8. The van der Waals surface area contributed by atoms with Gasteiger partial charge in [-0.3, -0.25) is 4.79 Å². The number of para-hydroxylation sites is 1. The molecule has 3 nitrogen and oxygen atoms in total. The molecule has 2 aromatic heterocycles. The summed E-state index contributed by atoms with van der Waals surface area (Å²) in [4.78, 5) is 17.9. The van der Waals surface area contributed by atoms with Crippen LogP contribution in [0.25, 0.3) is 10.2 Å². The highest BCUT2D eigenvalue weighted by atomic mass is 35.5. The van der Waals surface area contributed by atoms with E-state index in [0.29, 0.717) is 14.7 Å². The van der Waals surface area contributed by atoms with Gasteiger partial charge in [0.25, 0.3) is 5.91 Å². The molecule has 21 heavy (non-hydrogen) atoms. The number of hydrogen-bond acceptors (Lipinski definition) is 3. The smallest absolute Gasteiger partial charge is 0.289 e. The molecule has 3 aromatic rings. The third kappa shape index (κ3) is 2.81. The number of carbonyl (C=O) groups is 1. The van der Waals surface area contributed by atoms with E-state index in [9.17, 15) is 4.79 Å². The molecular formula is C15H13ClN2OS2. The Hall–Kier alpha value is -1.43. The van der Waals surface area contributed by atoms with Crippen LogP contribution in [-0.2, 0) is 6.54 Å². The number of carbonyl (C=O) groups excluding carboxylic acids is 1. The molecule has 1 amide bonds. The van der Waals surface area contributed by atoms with Gasteiger partial charge >= 0.3 is 0 Å². The zero-order valence-electron chi connectivity index (χ0n) is 11.4. The lowest BCUT2D eigenvalue weighted by molar-refractivity contribution is 0.100. The SMILES string of the molecule is CCCn1c(=NC(=O)c2cccs2)sc2cccc(Cl)c21. The number of amides is 1. The Labute approximate surface area is 135 Å². The highest BCUT2D eigenvalue weighted by molar-refractivity contribution is 7.16. The number of thiophene rings is 1. The normalized spacial score (nSPS) is 12.2. The van der Waals surface area contributed by atoms with Gasteiger partial charge in [-0.2, -0.15) is 4.99 Å². The van der Waals surface area contributed by atoms with Crippen LogP contribution < -0.4 is 4.80 Å². The quantitative estimate of drug-likeness (QED) is 0.690.